The molecular weight excluding hydrogens is 142 g/mol. The minimum absolute atomic E-state index is 0.597. The van der Waals surface area contributed by atoms with Gasteiger partial charge in [0.1, 0.15) is 17.1 Å². The van der Waals surface area contributed by atoms with Crippen molar-refractivity contribution < 1.29 is 9.52 Å². The molecule has 0 fully saturated rings. The average molecular weight is 155 g/mol. The third-order valence-electron chi connectivity index (χ3n) is 1.48. The van der Waals surface area contributed by atoms with E-state index in [0.29, 0.717) is 17.3 Å². The van der Waals surface area contributed by atoms with E-state index in [1.807, 2.05) is 0 Å². The van der Waals surface area contributed by atoms with E-state index in [1.165, 1.54) is 0 Å². The Morgan fingerprint density at radius 3 is 2.09 bits per heavy atom. The molecule has 0 radical (unpaired) electrons. The maximum Gasteiger partial charge on any atom is 0.191 e. The van der Waals surface area contributed by atoms with E-state index in [4.69, 9.17) is 4.42 Å². The molecule has 0 aliphatic carbocycles. The highest BCUT2D eigenvalue weighted by Crippen LogP contribution is 2.22. The molecule has 0 spiro atoms. The zero-order valence-corrected chi connectivity index (χ0v) is 7.30. The Bertz CT molecular complexity index is 258. The Kier molecular flexibility index (Phi) is 1.76. The van der Waals surface area contributed by atoms with Crippen LogP contribution in [0.1, 0.15) is 31.2 Å². The van der Waals surface area contributed by atoms with Gasteiger partial charge in [-0.05, 0) is 20.8 Å². The predicted octanol–water partition coefficient (Wildman–Crippen LogP) is 1.52. The summed E-state index contributed by atoms with van der Waals surface area (Å²) >= 11 is 0. The molecule has 0 unspecified atom stereocenters. The number of aromatic nitrogens is 1. The van der Waals surface area contributed by atoms with Crippen LogP contribution in [-0.2, 0) is 5.60 Å². The molecule has 0 saturated carbocycles. The zero-order chi connectivity index (χ0) is 8.65. The van der Waals surface area contributed by atoms with Crippen molar-refractivity contribution in [2.45, 2.75) is 33.3 Å². The number of rotatable bonds is 1. The standard InChI is InChI=1S/C8H13NO2/c1-5-7(8(3,4)10)9-6(2)11-5/h10H,1-4H3. The summed E-state index contributed by atoms with van der Waals surface area (Å²) in [5, 5.41) is 9.56. The van der Waals surface area contributed by atoms with Crippen molar-refractivity contribution in [3.63, 3.8) is 0 Å². The van der Waals surface area contributed by atoms with Gasteiger partial charge in [-0.15, -0.1) is 0 Å². The highest BCUT2D eigenvalue weighted by molar-refractivity contribution is 5.14. The summed E-state index contributed by atoms with van der Waals surface area (Å²) in [5.74, 6) is 1.29. The third kappa shape index (κ3) is 1.60. The average Bonchev–Trinajstić information content (AvgIpc) is 2.08. The highest BCUT2D eigenvalue weighted by atomic mass is 16.4. The first-order valence-corrected chi connectivity index (χ1v) is 3.58. The van der Waals surface area contributed by atoms with Gasteiger partial charge in [-0.25, -0.2) is 4.98 Å². The van der Waals surface area contributed by atoms with E-state index < -0.39 is 5.60 Å². The van der Waals surface area contributed by atoms with Gasteiger partial charge in [0.2, 0.25) is 0 Å². The third-order valence-corrected chi connectivity index (χ3v) is 1.48. The van der Waals surface area contributed by atoms with Crippen LogP contribution in [0.2, 0.25) is 0 Å². The van der Waals surface area contributed by atoms with E-state index in [1.54, 1.807) is 27.7 Å². The van der Waals surface area contributed by atoms with E-state index in [-0.39, 0.29) is 0 Å². The van der Waals surface area contributed by atoms with Gasteiger partial charge in [-0.1, -0.05) is 0 Å². The molecule has 3 nitrogen and oxygen atoms in total. The predicted molar refractivity (Wildman–Crippen MR) is 41.2 cm³/mol. The lowest BCUT2D eigenvalue weighted by Gasteiger charge is -2.13. The molecule has 1 N–H and O–H groups in total. The second-order valence-corrected chi connectivity index (χ2v) is 3.20. The Hall–Kier alpha value is -0.830. The molecular formula is C8H13NO2. The van der Waals surface area contributed by atoms with Crippen molar-refractivity contribution in [3.05, 3.63) is 17.3 Å². The first-order chi connectivity index (χ1) is 4.91. The van der Waals surface area contributed by atoms with E-state index in [9.17, 15) is 5.11 Å². The summed E-state index contributed by atoms with van der Waals surface area (Å²) in [6, 6.07) is 0. The van der Waals surface area contributed by atoms with Crippen molar-refractivity contribution in [3.8, 4) is 0 Å². The molecule has 1 aromatic heterocycles. The smallest absolute Gasteiger partial charge is 0.191 e. The van der Waals surface area contributed by atoms with Crippen molar-refractivity contribution in [1.82, 2.24) is 4.98 Å². The van der Waals surface area contributed by atoms with Gasteiger partial charge in [0, 0.05) is 6.92 Å². The summed E-state index contributed by atoms with van der Waals surface area (Å²) in [6.45, 7) is 6.95. The number of aliphatic hydroxyl groups is 1. The number of oxazole rings is 1. The second kappa shape index (κ2) is 2.34. The van der Waals surface area contributed by atoms with Gasteiger partial charge >= 0.3 is 0 Å². The fourth-order valence-corrected chi connectivity index (χ4v) is 1.10. The zero-order valence-electron chi connectivity index (χ0n) is 7.30. The molecule has 1 rings (SSSR count). The molecule has 0 aliphatic rings. The monoisotopic (exact) mass is 155 g/mol. The van der Waals surface area contributed by atoms with Gasteiger partial charge in [-0.2, -0.15) is 0 Å². The number of aryl methyl sites for hydroxylation is 2. The first kappa shape index (κ1) is 8.27. The van der Waals surface area contributed by atoms with Crippen molar-refractivity contribution in [1.29, 1.82) is 0 Å². The van der Waals surface area contributed by atoms with Crippen LogP contribution in [0.5, 0.6) is 0 Å². The molecule has 0 aliphatic heterocycles. The van der Waals surface area contributed by atoms with Crippen LogP contribution in [-0.4, -0.2) is 10.1 Å². The fraction of sp³-hybridized carbons (Fsp3) is 0.625. The Labute approximate surface area is 66.1 Å². The normalized spacial score (nSPS) is 12.1. The minimum atomic E-state index is -0.901. The molecule has 1 heterocycles. The number of hydrogen-bond acceptors (Lipinski definition) is 3. The molecule has 0 amide bonds. The lowest BCUT2D eigenvalue weighted by Crippen LogP contribution is -2.17. The lowest BCUT2D eigenvalue weighted by molar-refractivity contribution is 0.0728. The van der Waals surface area contributed by atoms with Crippen molar-refractivity contribution >= 4 is 0 Å². The summed E-state index contributed by atoms with van der Waals surface area (Å²) < 4.78 is 5.17. The van der Waals surface area contributed by atoms with Gasteiger partial charge in [0.15, 0.2) is 5.89 Å². The van der Waals surface area contributed by atoms with Gasteiger partial charge < -0.3 is 9.52 Å². The van der Waals surface area contributed by atoms with Crippen LogP contribution in [0.3, 0.4) is 0 Å². The summed E-state index contributed by atoms with van der Waals surface area (Å²) in [5.41, 5.74) is -0.281. The highest BCUT2D eigenvalue weighted by Gasteiger charge is 2.23. The topological polar surface area (TPSA) is 46.3 Å². The maximum atomic E-state index is 9.56. The SMILES string of the molecule is Cc1nc(C(C)(C)O)c(C)o1. The Morgan fingerprint density at radius 2 is 1.91 bits per heavy atom. The van der Waals surface area contributed by atoms with Crippen LogP contribution in [0.25, 0.3) is 0 Å². The summed E-state index contributed by atoms with van der Waals surface area (Å²) in [7, 11) is 0. The van der Waals surface area contributed by atoms with Crippen LogP contribution in [0.15, 0.2) is 4.42 Å². The van der Waals surface area contributed by atoms with Crippen molar-refractivity contribution in [2.75, 3.05) is 0 Å². The lowest BCUT2D eigenvalue weighted by atomic mass is 10.0. The molecule has 3 heteroatoms. The molecule has 0 bridgehead atoms. The van der Waals surface area contributed by atoms with Gasteiger partial charge in [-0.3, -0.25) is 0 Å². The second-order valence-electron chi connectivity index (χ2n) is 3.20. The van der Waals surface area contributed by atoms with Crippen molar-refractivity contribution in [2.24, 2.45) is 0 Å². The quantitative estimate of drug-likeness (QED) is 0.668. The Morgan fingerprint density at radius 1 is 1.36 bits per heavy atom. The molecule has 11 heavy (non-hydrogen) atoms. The van der Waals surface area contributed by atoms with Gasteiger partial charge in [0.25, 0.3) is 0 Å². The van der Waals surface area contributed by atoms with Crippen LogP contribution in [0.4, 0.5) is 0 Å². The van der Waals surface area contributed by atoms with Crippen LogP contribution >= 0.6 is 0 Å². The number of nitrogens with zero attached hydrogens (tertiary/aromatic N) is 1. The summed E-state index contributed by atoms with van der Waals surface area (Å²) in [4.78, 5) is 4.06. The molecule has 1 aromatic rings. The Balaban J connectivity index is 3.13. The largest absolute Gasteiger partial charge is 0.446 e. The first-order valence-electron chi connectivity index (χ1n) is 3.58. The molecule has 62 valence electrons. The maximum absolute atomic E-state index is 9.56. The van der Waals surface area contributed by atoms with E-state index in [2.05, 4.69) is 4.98 Å². The summed E-state index contributed by atoms with van der Waals surface area (Å²) in [6.07, 6.45) is 0. The van der Waals surface area contributed by atoms with Crippen LogP contribution < -0.4 is 0 Å². The van der Waals surface area contributed by atoms with Gasteiger partial charge in [0.05, 0.1) is 0 Å². The molecule has 0 aromatic carbocycles. The minimum Gasteiger partial charge on any atom is -0.446 e. The molecule has 0 atom stereocenters. The molecule has 0 saturated heterocycles. The van der Waals surface area contributed by atoms with E-state index in [0.717, 1.165) is 0 Å². The van der Waals surface area contributed by atoms with Crippen LogP contribution in [0, 0.1) is 13.8 Å². The fourth-order valence-electron chi connectivity index (χ4n) is 1.10. The van der Waals surface area contributed by atoms with E-state index >= 15 is 0 Å². The number of hydrogen-bond donors (Lipinski definition) is 1.